The maximum atomic E-state index is 5.25. The standard InChI is InChI=1S/C21H21N3OS3/c1-25-14-8-6-13(7-9-14)19-22-10-15(27-19)11-26-20-18-16-4-2-3-5-17(16)28-21(18)24-12-23-20/h6-9,12,15H,2-5,10-11H2,1H3/t15-/m0/s1. The Morgan fingerprint density at radius 1 is 1.14 bits per heavy atom. The summed E-state index contributed by atoms with van der Waals surface area (Å²) in [7, 11) is 1.69. The highest BCUT2D eigenvalue weighted by Gasteiger charge is 2.24. The Hall–Kier alpha value is -1.57. The third-order valence-corrected chi connectivity index (χ3v) is 8.98. The second-order valence-electron chi connectivity index (χ2n) is 7.00. The summed E-state index contributed by atoms with van der Waals surface area (Å²) < 4.78 is 5.25. The number of rotatable bonds is 5. The van der Waals surface area contributed by atoms with Gasteiger partial charge in [0.2, 0.25) is 0 Å². The number of hydrogen-bond donors (Lipinski definition) is 0. The van der Waals surface area contributed by atoms with Crippen molar-refractivity contribution in [3.05, 3.63) is 46.6 Å². The van der Waals surface area contributed by atoms with Gasteiger partial charge < -0.3 is 4.74 Å². The normalized spacial score (nSPS) is 18.9. The minimum absolute atomic E-state index is 0.488. The molecule has 0 amide bonds. The molecule has 1 aliphatic heterocycles. The predicted octanol–water partition coefficient (Wildman–Crippen LogP) is 5.23. The van der Waals surface area contributed by atoms with Gasteiger partial charge in [0, 0.05) is 26.8 Å². The number of ether oxygens (including phenoxy) is 1. The predicted molar refractivity (Wildman–Crippen MR) is 121 cm³/mol. The lowest BCUT2D eigenvalue weighted by Gasteiger charge is -2.12. The summed E-state index contributed by atoms with van der Waals surface area (Å²) in [5, 5.41) is 4.10. The van der Waals surface area contributed by atoms with Gasteiger partial charge in [0.05, 0.1) is 18.7 Å². The fourth-order valence-corrected chi connectivity index (χ4v) is 7.33. The summed E-state index contributed by atoms with van der Waals surface area (Å²) in [6.07, 6.45) is 6.71. The highest BCUT2D eigenvalue weighted by molar-refractivity contribution is 8.16. The Bertz CT molecular complexity index is 1030. The van der Waals surface area contributed by atoms with Crippen molar-refractivity contribution >= 4 is 50.1 Å². The Balaban J connectivity index is 1.28. The number of aliphatic imine (C=N–C) groups is 1. The lowest BCUT2D eigenvalue weighted by molar-refractivity contribution is 0.415. The first-order valence-corrected chi connectivity index (χ1v) is 12.2. The van der Waals surface area contributed by atoms with Gasteiger partial charge in [0.1, 0.15) is 21.9 Å². The molecular weight excluding hydrogens is 406 g/mol. The molecule has 1 aromatic carbocycles. The first-order valence-electron chi connectivity index (χ1n) is 9.55. The number of nitrogens with zero attached hydrogens (tertiary/aromatic N) is 3. The monoisotopic (exact) mass is 427 g/mol. The third kappa shape index (κ3) is 3.55. The van der Waals surface area contributed by atoms with Gasteiger partial charge in [-0.3, -0.25) is 4.99 Å². The molecule has 7 heteroatoms. The number of methoxy groups -OCH3 is 1. The van der Waals surface area contributed by atoms with Gasteiger partial charge in [-0.15, -0.1) is 34.9 Å². The first-order chi connectivity index (χ1) is 13.8. The molecule has 144 valence electrons. The molecule has 3 aromatic rings. The summed E-state index contributed by atoms with van der Waals surface area (Å²) >= 11 is 5.62. The molecule has 0 N–H and O–H groups in total. The molecule has 1 aliphatic carbocycles. The highest BCUT2D eigenvalue weighted by Crippen LogP contribution is 2.40. The van der Waals surface area contributed by atoms with E-state index < -0.39 is 0 Å². The van der Waals surface area contributed by atoms with E-state index in [9.17, 15) is 0 Å². The van der Waals surface area contributed by atoms with Gasteiger partial charge >= 0.3 is 0 Å². The largest absolute Gasteiger partial charge is 0.497 e. The number of thioether (sulfide) groups is 2. The minimum atomic E-state index is 0.488. The van der Waals surface area contributed by atoms with Crippen molar-refractivity contribution in [2.45, 2.75) is 36.0 Å². The molecule has 0 fully saturated rings. The Morgan fingerprint density at radius 2 is 2.00 bits per heavy atom. The third-order valence-electron chi connectivity index (χ3n) is 5.18. The first kappa shape index (κ1) is 18.5. The van der Waals surface area contributed by atoms with Crippen LogP contribution < -0.4 is 4.74 Å². The Labute approximate surface area is 177 Å². The number of thiophene rings is 1. The van der Waals surface area contributed by atoms with E-state index in [-0.39, 0.29) is 0 Å². The zero-order valence-electron chi connectivity index (χ0n) is 15.7. The van der Waals surface area contributed by atoms with Crippen molar-refractivity contribution < 1.29 is 4.74 Å². The molecule has 0 spiro atoms. The van der Waals surface area contributed by atoms with Gasteiger partial charge in [-0.05, 0) is 55.5 Å². The van der Waals surface area contributed by atoms with Crippen LogP contribution in [0.15, 0.2) is 40.6 Å². The average Bonchev–Trinajstić information content (AvgIpc) is 3.37. The van der Waals surface area contributed by atoms with Crippen LogP contribution in [-0.2, 0) is 12.8 Å². The lowest BCUT2D eigenvalue weighted by Crippen LogP contribution is -2.07. The molecular formula is C21H21N3OS3. The van der Waals surface area contributed by atoms with Crippen molar-refractivity contribution in [1.82, 2.24) is 9.97 Å². The summed E-state index contributed by atoms with van der Waals surface area (Å²) in [4.78, 5) is 16.7. The molecule has 0 radical (unpaired) electrons. The molecule has 0 bridgehead atoms. The highest BCUT2D eigenvalue weighted by atomic mass is 32.2. The van der Waals surface area contributed by atoms with E-state index in [1.165, 1.54) is 51.9 Å². The number of aryl methyl sites for hydroxylation is 2. The number of hydrogen-bond acceptors (Lipinski definition) is 7. The fraction of sp³-hybridized carbons (Fsp3) is 0.381. The minimum Gasteiger partial charge on any atom is -0.497 e. The SMILES string of the molecule is COc1ccc(C2=NC[C@@H](CSc3ncnc4sc5c(c34)CCCC5)S2)cc1. The summed E-state index contributed by atoms with van der Waals surface area (Å²) in [6.45, 7) is 0.870. The molecule has 3 heterocycles. The van der Waals surface area contributed by atoms with Crippen LogP contribution in [-0.4, -0.2) is 39.7 Å². The maximum Gasteiger partial charge on any atom is 0.128 e. The van der Waals surface area contributed by atoms with Crippen LogP contribution in [0.25, 0.3) is 10.2 Å². The molecule has 1 atom stereocenters. The van der Waals surface area contributed by atoms with Crippen molar-refractivity contribution in [3.63, 3.8) is 0 Å². The smallest absolute Gasteiger partial charge is 0.128 e. The molecule has 2 aromatic heterocycles. The Kier molecular flexibility index (Phi) is 5.30. The van der Waals surface area contributed by atoms with Gasteiger partial charge in [-0.2, -0.15) is 0 Å². The van der Waals surface area contributed by atoms with E-state index in [1.807, 2.05) is 47.0 Å². The molecule has 2 aliphatic rings. The quantitative estimate of drug-likeness (QED) is 0.412. The van der Waals surface area contributed by atoms with Crippen LogP contribution in [0, 0.1) is 0 Å². The van der Waals surface area contributed by atoms with Crippen LogP contribution in [0.1, 0.15) is 28.8 Å². The zero-order valence-corrected chi connectivity index (χ0v) is 18.1. The van der Waals surface area contributed by atoms with E-state index in [0.717, 1.165) is 28.1 Å². The number of aromatic nitrogens is 2. The average molecular weight is 428 g/mol. The fourth-order valence-electron chi connectivity index (χ4n) is 3.74. The van der Waals surface area contributed by atoms with E-state index >= 15 is 0 Å². The van der Waals surface area contributed by atoms with Gasteiger partial charge in [0.25, 0.3) is 0 Å². The number of fused-ring (bicyclic) bond motifs is 3. The second-order valence-corrected chi connectivity index (χ2v) is 10.4. The molecule has 4 nitrogen and oxygen atoms in total. The van der Waals surface area contributed by atoms with E-state index in [2.05, 4.69) is 22.1 Å². The second kappa shape index (κ2) is 8.05. The van der Waals surface area contributed by atoms with Crippen molar-refractivity contribution in [1.29, 1.82) is 0 Å². The van der Waals surface area contributed by atoms with Gasteiger partial charge in [0.15, 0.2) is 0 Å². The summed E-state index contributed by atoms with van der Waals surface area (Å²) in [5.74, 6) is 1.90. The maximum absolute atomic E-state index is 5.25. The topological polar surface area (TPSA) is 47.4 Å². The summed E-state index contributed by atoms with van der Waals surface area (Å²) in [5.41, 5.74) is 2.69. The van der Waals surface area contributed by atoms with Crippen molar-refractivity contribution in [2.24, 2.45) is 4.99 Å². The van der Waals surface area contributed by atoms with E-state index in [0.29, 0.717) is 5.25 Å². The molecule has 0 saturated heterocycles. The van der Waals surface area contributed by atoms with Crippen LogP contribution in [0.4, 0.5) is 0 Å². The van der Waals surface area contributed by atoms with E-state index in [1.54, 1.807) is 13.4 Å². The zero-order chi connectivity index (χ0) is 18.9. The van der Waals surface area contributed by atoms with Crippen molar-refractivity contribution in [2.75, 3.05) is 19.4 Å². The van der Waals surface area contributed by atoms with Crippen molar-refractivity contribution in [3.8, 4) is 5.75 Å². The molecule has 0 saturated carbocycles. The lowest BCUT2D eigenvalue weighted by atomic mass is 9.97. The summed E-state index contributed by atoms with van der Waals surface area (Å²) in [6, 6.07) is 8.17. The van der Waals surface area contributed by atoms with E-state index in [4.69, 9.17) is 9.73 Å². The van der Waals surface area contributed by atoms with Gasteiger partial charge in [-0.25, -0.2) is 9.97 Å². The number of benzene rings is 1. The van der Waals surface area contributed by atoms with Crippen LogP contribution >= 0.6 is 34.9 Å². The molecule has 0 unspecified atom stereocenters. The Morgan fingerprint density at radius 3 is 2.86 bits per heavy atom. The molecule has 5 rings (SSSR count). The molecule has 28 heavy (non-hydrogen) atoms. The van der Waals surface area contributed by atoms with Crippen LogP contribution in [0.2, 0.25) is 0 Å². The van der Waals surface area contributed by atoms with Crippen LogP contribution in [0.5, 0.6) is 5.75 Å². The van der Waals surface area contributed by atoms with Crippen LogP contribution in [0.3, 0.4) is 0 Å². The van der Waals surface area contributed by atoms with Gasteiger partial charge in [-0.1, -0.05) is 0 Å².